The van der Waals surface area contributed by atoms with Gasteiger partial charge in [0.1, 0.15) is 17.3 Å². The lowest BCUT2D eigenvalue weighted by atomic mass is 10.1. The van der Waals surface area contributed by atoms with Crippen molar-refractivity contribution in [2.24, 2.45) is 4.99 Å². The lowest BCUT2D eigenvalue weighted by molar-refractivity contribution is -0.113. The second-order valence-electron chi connectivity index (χ2n) is 8.47. The molecule has 7 heteroatoms. The van der Waals surface area contributed by atoms with Gasteiger partial charge in [0.15, 0.2) is 0 Å². The van der Waals surface area contributed by atoms with Crippen molar-refractivity contribution in [1.82, 2.24) is 0 Å². The van der Waals surface area contributed by atoms with E-state index in [2.05, 4.69) is 5.32 Å². The predicted molar refractivity (Wildman–Crippen MR) is 154 cm³/mol. The summed E-state index contributed by atoms with van der Waals surface area (Å²) in [6, 6.07) is 31.6. The highest BCUT2D eigenvalue weighted by Crippen LogP contribution is 2.29. The van der Waals surface area contributed by atoms with Crippen LogP contribution in [0.2, 0.25) is 0 Å². The smallest absolute Gasteiger partial charge is 0.282 e. The predicted octanol–water partition coefficient (Wildman–Crippen LogP) is 6.50. The highest BCUT2D eigenvalue weighted by molar-refractivity contribution is 7.98. The van der Waals surface area contributed by atoms with Crippen molar-refractivity contribution in [1.29, 1.82) is 0 Å². The van der Waals surface area contributed by atoms with Crippen molar-refractivity contribution in [2.75, 3.05) is 23.6 Å². The third-order valence-electron chi connectivity index (χ3n) is 6.05. The second kappa shape index (κ2) is 11.2. The van der Waals surface area contributed by atoms with Gasteiger partial charge in [0, 0.05) is 21.7 Å². The first-order chi connectivity index (χ1) is 18.6. The van der Waals surface area contributed by atoms with Crippen LogP contribution in [0.5, 0.6) is 5.75 Å². The standard InChI is InChI=1S/C31H25N3O3S/c1-37-26-16-12-24(13-17-26)32-30(35)23-10-14-25(15-11-23)34-29(22-6-4-3-5-7-22)33-28(31(34)36)20-21-8-18-27(38-2)19-9-21/h3-20H,1-2H3,(H,32,35)/b28-20-. The lowest BCUT2D eigenvalue weighted by Gasteiger charge is -2.19. The molecule has 0 aromatic heterocycles. The molecular weight excluding hydrogens is 494 g/mol. The molecule has 38 heavy (non-hydrogen) atoms. The quantitative estimate of drug-likeness (QED) is 0.223. The summed E-state index contributed by atoms with van der Waals surface area (Å²) < 4.78 is 5.16. The maximum atomic E-state index is 13.6. The zero-order valence-electron chi connectivity index (χ0n) is 20.9. The van der Waals surface area contributed by atoms with Gasteiger partial charge < -0.3 is 10.1 Å². The molecule has 0 atom stereocenters. The number of thioether (sulfide) groups is 1. The monoisotopic (exact) mass is 519 g/mol. The molecule has 0 bridgehead atoms. The third-order valence-corrected chi connectivity index (χ3v) is 6.79. The van der Waals surface area contributed by atoms with Gasteiger partial charge in [-0.3, -0.25) is 14.5 Å². The molecule has 0 saturated heterocycles. The molecule has 2 amide bonds. The van der Waals surface area contributed by atoms with Crippen LogP contribution in [0, 0.1) is 0 Å². The Bertz CT molecular complexity index is 1510. The molecule has 0 aliphatic carbocycles. The third kappa shape index (κ3) is 5.38. The lowest BCUT2D eigenvalue weighted by Crippen LogP contribution is -2.32. The van der Waals surface area contributed by atoms with Gasteiger partial charge in [-0.25, -0.2) is 4.99 Å². The summed E-state index contributed by atoms with van der Waals surface area (Å²) in [4.78, 5) is 33.8. The minimum atomic E-state index is -0.249. The van der Waals surface area contributed by atoms with E-state index in [9.17, 15) is 9.59 Å². The molecule has 1 aliphatic heterocycles. The fraction of sp³-hybridized carbons (Fsp3) is 0.0645. The van der Waals surface area contributed by atoms with Gasteiger partial charge in [-0.15, -0.1) is 11.8 Å². The fourth-order valence-corrected chi connectivity index (χ4v) is 4.44. The molecule has 1 heterocycles. The van der Waals surface area contributed by atoms with Crippen molar-refractivity contribution in [3.63, 3.8) is 0 Å². The fourth-order valence-electron chi connectivity index (χ4n) is 4.03. The van der Waals surface area contributed by atoms with E-state index in [1.165, 1.54) is 0 Å². The maximum absolute atomic E-state index is 13.6. The Kier molecular flexibility index (Phi) is 7.38. The van der Waals surface area contributed by atoms with Crippen molar-refractivity contribution in [3.05, 3.63) is 126 Å². The highest BCUT2D eigenvalue weighted by Gasteiger charge is 2.32. The van der Waals surface area contributed by atoms with Crippen LogP contribution in [0.4, 0.5) is 11.4 Å². The first-order valence-electron chi connectivity index (χ1n) is 12.0. The van der Waals surface area contributed by atoms with Crippen LogP contribution in [0.15, 0.2) is 119 Å². The summed E-state index contributed by atoms with van der Waals surface area (Å²) in [5.74, 6) is 0.774. The number of hydrogen-bond acceptors (Lipinski definition) is 5. The summed E-state index contributed by atoms with van der Waals surface area (Å²) >= 11 is 1.66. The first-order valence-corrected chi connectivity index (χ1v) is 13.2. The molecule has 0 spiro atoms. The minimum absolute atomic E-state index is 0.228. The molecule has 1 aliphatic rings. The molecular formula is C31H25N3O3S. The molecule has 0 saturated carbocycles. The number of amidine groups is 1. The Morgan fingerprint density at radius 1 is 0.895 bits per heavy atom. The van der Waals surface area contributed by atoms with Gasteiger partial charge in [0.2, 0.25) is 0 Å². The molecule has 6 nitrogen and oxygen atoms in total. The summed E-state index contributed by atoms with van der Waals surface area (Å²) in [6.45, 7) is 0. The minimum Gasteiger partial charge on any atom is -0.497 e. The molecule has 0 unspecified atom stereocenters. The van der Waals surface area contributed by atoms with Crippen LogP contribution >= 0.6 is 11.8 Å². The van der Waals surface area contributed by atoms with Gasteiger partial charge in [0.25, 0.3) is 11.8 Å². The number of carbonyl (C=O) groups excluding carboxylic acids is 2. The van der Waals surface area contributed by atoms with E-state index < -0.39 is 0 Å². The van der Waals surface area contributed by atoms with Gasteiger partial charge in [-0.1, -0.05) is 42.5 Å². The van der Waals surface area contributed by atoms with Crippen molar-refractivity contribution >= 4 is 46.9 Å². The molecule has 188 valence electrons. The van der Waals surface area contributed by atoms with Crippen LogP contribution in [0.1, 0.15) is 21.5 Å². The number of benzene rings is 4. The zero-order chi connectivity index (χ0) is 26.5. The summed E-state index contributed by atoms with van der Waals surface area (Å²) in [7, 11) is 1.59. The Morgan fingerprint density at radius 2 is 1.58 bits per heavy atom. The average Bonchev–Trinajstić information content (AvgIpc) is 3.29. The van der Waals surface area contributed by atoms with Gasteiger partial charge >= 0.3 is 0 Å². The number of ether oxygens (including phenoxy) is 1. The Hall–Kier alpha value is -4.62. The summed E-state index contributed by atoms with van der Waals surface area (Å²) in [6.07, 6.45) is 3.82. The van der Waals surface area contributed by atoms with Gasteiger partial charge in [0.05, 0.1) is 12.8 Å². The van der Waals surface area contributed by atoms with E-state index in [-0.39, 0.29) is 11.8 Å². The van der Waals surface area contributed by atoms with E-state index in [4.69, 9.17) is 9.73 Å². The molecule has 1 N–H and O–H groups in total. The van der Waals surface area contributed by atoms with Crippen LogP contribution in [-0.2, 0) is 4.79 Å². The summed E-state index contributed by atoms with van der Waals surface area (Å²) in [5.41, 5.74) is 3.83. The van der Waals surface area contributed by atoms with Crippen LogP contribution in [0.3, 0.4) is 0 Å². The number of carbonyl (C=O) groups is 2. The van der Waals surface area contributed by atoms with E-state index >= 15 is 0 Å². The van der Waals surface area contributed by atoms with Gasteiger partial charge in [-0.05, 0) is 78.6 Å². The summed E-state index contributed by atoms with van der Waals surface area (Å²) in [5, 5.41) is 2.88. The highest BCUT2D eigenvalue weighted by atomic mass is 32.2. The second-order valence-corrected chi connectivity index (χ2v) is 9.35. The van der Waals surface area contributed by atoms with Crippen molar-refractivity contribution < 1.29 is 14.3 Å². The maximum Gasteiger partial charge on any atom is 0.282 e. The normalized spacial score (nSPS) is 13.9. The first kappa shape index (κ1) is 25.0. The number of hydrogen-bond donors (Lipinski definition) is 1. The van der Waals surface area contributed by atoms with Crippen LogP contribution in [0.25, 0.3) is 6.08 Å². The molecule has 0 fully saturated rings. The van der Waals surface area contributed by atoms with E-state index in [0.717, 1.165) is 16.0 Å². The van der Waals surface area contributed by atoms with Crippen LogP contribution in [-0.4, -0.2) is 31.0 Å². The average molecular weight is 520 g/mol. The van der Waals surface area contributed by atoms with Crippen molar-refractivity contribution in [3.8, 4) is 5.75 Å². The number of aliphatic imine (C=N–C) groups is 1. The topological polar surface area (TPSA) is 71.0 Å². The molecule has 0 radical (unpaired) electrons. The van der Waals surface area contributed by atoms with E-state index in [1.807, 2.05) is 60.9 Å². The SMILES string of the molecule is COc1ccc(NC(=O)c2ccc(N3C(=O)/C(=C/c4ccc(SC)cc4)N=C3c3ccccc3)cc2)cc1. The largest absolute Gasteiger partial charge is 0.497 e. The van der Waals surface area contributed by atoms with Gasteiger partial charge in [-0.2, -0.15) is 0 Å². The number of nitrogens with one attached hydrogen (secondary N) is 1. The number of amides is 2. The zero-order valence-corrected chi connectivity index (χ0v) is 21.7. The Morgan fingerprint density at radius 3 is 2.21 bits per heavy atom. The number of rotatable bonds is 7. The van der Waals surface area contributed by atoms with E-state index in [1.54, 1.807) is 78.4 Å². The number of anilines is 2. The molecule has 4 aromatic rings. The Labute approximate surface area is 225 Å². The molecule has 5 rings (SSSR count). The number of methoxy groups -OCH3 is 1. The number of nitrogens with zero attached hydrogens (tertiary/aromatic N) is 2. The van der Waals surface area contributed by atoms with Crippen molar-refractivity contribution in [2.45, 2.75) is 4.90 Å². The Balaban J connectivity index is 1.42. The van der Waals surface area contributed by atoms with E-state index in [0.29, 0.717) is 34.2 Å². The molecule has 4 aromatic carbocycles. The van der Waals surface area contributed by atoms with Crippen LogP contribution < -0.4 is 15.0 Å².